The SMILES string of the molecule is CC(C)C(O)c1ccc2cc(OC(F)F)c(OC(F)F)cc2c1. The molecular weight excluding hydrogens is 316 g/mol. The Morgan fingerprint density at radius 2 is 1.35 bits per heavy atom. The van der Waals surface area contributed by atoms with Crippen LogP contribution >= 0.6 is 0 Å². The summed E-state index contributed by atoms with van der Waals surface area (Å²) in [6, 6.07) is 7.23. The fourth-order valence-corrected chi connectivity index (χ4v) is 2.22. The largest absolute Gasteiger partial charge is 0.431 e. The molecule has 0 radical (unpaired) electrons. The summed E-state index contributed by atoms with van der Waals surface area (Å²) in [6.07, 6.45) is -0.726. The monoisotopic (exact) mass is 332 g/mol. The maximum Gasteiger partial charge on any atom is 0.387 e. The van der Waals surface area contributed by atoms with E-state index in [1.54, 1.807) is 18.2 Å². The number of aliphatic hydroxyl groups is 1. The van der Waals surface area contributed by atoms with Gasteiger partial charge in [0.05, 0.1) is 6.10 Å². The van der Waals surface area contributed by atoms with Gasteiger partial charge in [0.25, 0.3) is 0 Å². The smallest absolute Gasteiger partial charge is 0.387 e. The van der Waals surface area contributed by atoms with Crippen LogP contribution in [0.15, 0.2) is 30.3 Å². The Morgan fingerprint density at radius 3 is 1.83 bits per heavy atom. The van der Waals surface area contributed by atoms with Crippen LogP contribution in [-0.4, -0.2) is 18.3 Å². The van der Waals surface area contributed by atoms with Crippen molar-refractivity contribution in [2.45, 2.75) is 33.2 Å². The fourth-order valence-electron chi connectivity index (χ4n) is 2.22. The summed E-state index contributed by atoms with van der Waals surface area (Å²) in [4.78, 5) is 0. The average Bonchev–Trinajstić information content (AvgIpc) is 2.45. The van der Waals surface area contributed by atoms with Crippen molar-refractivity contribution in [3.63, 3.8) is 0 Å². The van der Waals surface area contributed by atoms with Crippen LogP contribution in [0.4, 0.5) is 17.6 Å². The highest BCUT2D eigenvalue weighted by molar-refractivity contribution is 5.86. The normalized spacial score (nSPS) is 13.1. The van der Waals surface area contributed by atoms with Crippen LogP contribution < -0.4 is 9.47 Å². The number of benzene rings is 2. The molecule has 1 N–H and O–H groups in total. The second-order valence-corrected chi connectivity index (χ2v) is 5.35. The molecule has 7 heteroatoms. The van der Waals surface area contributed by atoms with Crippen molar-refractivity contribution in [2.24, 2.45) is 5.92 Å². The van der Waals surface area contributed by atoms with E-state index in [1.165, 1.54) is 12.1 Å². The van der Waals surface area contributed by atoms with Crippen molar-refractivity contribution >= 4 is 10.8 Å². The van der Waals surface area contributed by atoms with Gasteiger partial charge in [-0.1, -0.05) is 26.0 Å². The topological polar surface area (TPSA) is 38.7 Å². The minimum Gasteiger partial charge on any atom is -0.431 e. The van der Waals surface area contributed by atoms with Gasteiger partial charge in [0.1, 0.15) is 0 Å². The summed E-state index contributed by atoms with van der Waals surface area (Å²) in [5, 5.41) is 11.0. The summed E-state index contributed by atoms with van der Waals surface area (Å²) >= 11 is 0. The Kier molecular flexibility index (Phi) is 5.30. The standard InChI is InChI=1S/C16H16F4O3/c1-8(2)14(21)10-4-3-9-6-12(22-15(17)18)13(23-16(19)20)7-11(9)5-10/h3-8,14-16,21H,1-2H3. The number of aliphatic hydroxyl groups excluding tert-OH is 1. The molecule has 0 amide bonds. The van der Waals surface area contributed by atoms with Crippen LogP contribution in [-0.2, 0) is 0 Å². The lowest BCUT2D eigenvalue weighted by atomic mass is 9.96. The van der Waals surface area contributed by atoms with Crippen molar-refractivity contribution in [2.75, 3.05) is 0 Å². The quantitative estimate of drug-likeness (QED) is 0.777. The Labute approximate surface area is 130 Å². The van der Waals surface area contributed by atoms with Gasteiger partial charge in [-0.25, -0.2) is 0 Å². The van der Waals surface area contributed by atoms with Crippen molar-refractivity contribution in [3.8, 4) is 11.5 Å². The molecule has 0 saturated heterocycles. The van der Waals surface area contributed by atoms with E-state index in [1.807, 2.05) is 13.8 Å². The van der Waals surface area contributed by atoms with Gasteiger partial charge < -0.3 is 14.6 Å². The van der Waals surface area contributed by atoms with Crippen LogP contribution in [0, 0.1) is 5.92 Å². The molecule has 0 aliphatic rings. The Hall–Kier alpha value is -2.02. The van der Waals surface area contributed by atoms with Crippen molar-refractivity contribution in [1.82, 2.24) is 0 Å². The Bertz CT molecular complexity index is 674. The van der Waals surface area contributed by atoms with Gasteiger partial charge in [0.2, 0.25) is 0 Å². The molecule has 1 unspecified atom stereocenters. The van der Waals surface area contributed by atoms with E-state index in [2.05, 4.69) is 9.47 Å². The molecule has 2 aromatic carbocycles. The van der Waals surface area contributed by atoms with E-state index in [0.29, 0.717) is 16.3 Å². The molecule has 126 valence electrons. The third kappa shape index (κ3) is 4.25. The molecule has 0 aliphatic carbocycles. The van der Waals surface area contributed by atoms with E-state index < -0.39 is 30.8 Å². The highest BCUT2D eigenvalue weighted by atomic mass is 19.3. The van der Waals surface area contributed by atoms with Gasteiger partial charge in [-0.05, 0) is 40.5 Å². The molecule has 0 fully saturated rings. The number of hydrogen-bond donors (Lipinski definition) is 1. The zero-order valence-corrected chi connectivity index (χ0v) is 12.5. The van der Waals surface area contributed by atoms with E-state index in [-0.39, 0.29) is 5.92 Å². The van der Waals surface area contributed by atoms with Crippen LogP contribution in [0.2, 0.25) is 0 Å². The van der Waals surface area contributed by atoms with Crippen molar-refractivity contribution in [1.29, 1.82) is 0 Å². The molecule has 0 saturated carbocycles. The number of alkyl halides is 4. The first kappa shape index (κ1) is 17.3. The lowest BCUT2D eigenvalue weighted by molar-refractivity contribution is -0.0690. The number of halogens is 4. The lowest BCUT2D eigenvalue weighted by Crippen LogP contribution is -2.08. The van der Waals surface area contributed by atoms with Crippen LogP contribution in [0.25, 0.3) is 10.8 Å². The van der Waals surface area contributed by atoms with E-state index >= 15 is 0 Å². The Morgan fingerprint density at radius 1 is 0.826 bits per heavy atom. The molecule has 0 bridgehead atoms. The highest BCUT2D eigenvalue weighted by Crippen LogP contribution is 2.36. The molecule has 0 heterocycles. The maximum atomic E-state index is 12.4. The zero-order valence-electron chi connectivity index (χ0n) is 12.5. The van der Waals surface area contributed by atoms with Gasteiger partial charge in [0, 0.05) is 0 Å². The third-order valence-corrected chi connectivity index (χ3v) is 3.33. The summed E-state index contributed by atoms with van der Waals surface area (Å²) < 4.78 is 58.2. The minimum atomic E-state index is -3.17. The molecule has 1 atom stereocenters. The second kappa shape index (κ2) is 7.04. The van der Waals surface area contributed by atoms with Crippen LogP contribution in [0.3, 0.4) is 0 Å². The van der Waals surface area contributed by atoms with Crippen molar-refractivity contribution in [3.05, 3.63) is 35.9 Å². The van der Waals surface area contributed by atoms with Crippen LogP contribution in [0.5, 0.6) is 11.5 Å². The van der Waals surface area contributed by atoms with Gasteiger partial charge in [0.15, 0.2) is 11.5 Å². The first-order valence-electron chi connectivity index (χ1n) is 6.93. The van der Waals surface area contributed by atoms with Gasteiger partial charge >= 0.3 is 13.2 Å². The number of hydrogen-bond acceptors (Lipinski definition) is 3. The molecule has 0 aliphatic heterocycles. The van der Waals surface area contributed by atoms with Gasteiger partial charge in [-0.15, -0.1) is 0 Å². The van der Waals surface area contributed by atoms with Crippen LogP contribution in [0.1, 0.15) is 25.5 Å². The number of fused-ring (bicyclic) bond motifs is 1. The van der Waals surface area contributed by atoms with E-state index in [0.717, 1.165) is 0 Å². The summed E-state index contributed by atoms with van der Waals surface area (Å²) in [5.74, 6) is -0.986. The molecule has 2 aromatic rings. The average molecular weight is 332 g/mol. The first-order valence-corrected chi connectivity index (χ1v) is 6.93. The molecule has 2 rings (SSSR count). The van der Waals surface area contributed by atoms with E-state index in [9.17, 15) is 22.7 Å². The molecule has 3 nitrogen and oxygen atoms in total. The lowest BCUT2D eigenvalue weighted by Gasteiger charge is -2.17. The molecule has 0 spiro atoms. The summed E-state index contributed by atoms with van der Waals surface area (Å²) in [7, 11) is 0. The Balaban J connectivity index is 2.50. The molecule has 23 heavy (non-hydrogen) atoms. The minimum absolute atomic E-state index is 0.0364. The predicted molar refractivity (Wildman–Crippen MR) is 77.0 cm³/mol. The first-order chi connectivity index (χ1) is 10.8. The van der Waals surface area contributed by atoms with Crippen molar-refractivity contribution < 1.29 is 32.1 Å². The number of rotatable bonds is 6. The summed E-state index contributed by atoms with van der Waals surface area (Å²) in [6.45, 7) is -2.66. The number of ether oxygens (including phenoxy) is 2. The molecular formula is C16H16F4O3. The van der Waals surface area contributed by atoms with Gasteiger partial charge in [-0.3, -0.25) is 0 Å². The predicted octanol–water partition coefficient (Wildman–Crippen LogP) is 4.73. The maximum absolute atomic E-state index is 12.4. The second-order valence-electron chi connectivity index (χ2n) is 5.35. The fraction of sp³-hybridized carbons (Fsp3) is 0.375. The highest BCUT2D eigenvalue weighted by Gasteiger charge is 2.17. The van der Waals surface area contributed by atoms with E-state index in [4.69, 9.17) is 0 Å². The summed E-state index contributed by atoms with van der Waals surface area (Å²) in [5.41, 5.74) is 0.595. The van der Waals surface area contributed by atoms with Gasteiger partial charge in [-0.2, -0.15) is 17.6 Å². The third-order valence-electron chi connectivity index (χ3n) is 3.33. The zero-order chi connectivity index (χ0) is 17.1. The molecule has 0 aromatic heterocycles.